The first-order valence-electron chi connectivity index (χ1n) is 6.42. The molecule has 0 bridgehead atoms. The Kier molecular flexibility index (Phi) is 4.55. The van der Waals surface area contributed by atoms with E-state index in [1.54, 1.807) is 12.1 Å². The summed E-state index contributed by atoms with van der Waals surface area (Å²) in [5, 5.41) is 9.34. The Hall–Kier alpha value is -1.13. The summed E-state index contributed by atoms with van der Waals surface area (Å²) >= 11 is 0. The molecule has 1 aliphatic heterocycles. The van der Waals surface area contributed by atoms with E-state index in [9.17, 15) is 9.50 Å². The van der Waals surface area contributed by atoms with Crippen LogP contribution in [0, 0.1) is 5.82 Å². The maximum Gasteiger partial charge on any atom is 0.131 e. The molecule has 1 aromatic carbocycles. The number of aliphatic hydroxyl groups excluding tert-OH is 1. The van der Waals surface area contributed by atoms with Crippen molar-refractivity contribution in [1.82, 2.24) is 4.90 Å². The average Bonchev–Trinajstić information content (AvgIpc) is 2.41. The van der Waals surface area contributed by atoms with Crippen molar-refractivity contribution in [2.75, 3.05) is 20.3 Å². The van der Waals surface area contributed by atoms with Crippen LogP contribution in [0.5, 0.6) is 5.75 Å². The monoisotopic (exact) mass is 253 g/mol. The molecule has 1 saturated heterocycles. The van der Waals surface area contributed by atoms with Gasteiger partial charge < -0.3 is 9.84 Å². The fraction of sp³-hybridized carbons (Fsp3) is 0.571. The fourth-order valence-electron chi connectivity index (χ4n) is 2.48. The smallest absolute Gasteiger partial charge is 0.131 e. The molecule has 1 fully saturated rings. The highest BCUT2D eigenvalue weighted by Gasteiger charge is 2.22. The highest BCUT2D eigenvalue weighted by Crippen LogP contribution is 2.22. The predicted molar refractivity (Wildman–Crippen MR) is 68.1 cm³/mol. The molecule has 1 heterocycles. The third-order valence-corrected chi connectivity index (χ3v) is 3.59. The summed E-state index contributed by atoms with van der Waals surface area (Å²) in [5.74, 6) is 0.296. The van der Waals surface area contributed by atoms with Crippen LogP contribution in [0.2, 0.25) is 0 Å². The van der Waals surface area contributed by atoms with E-state index in [1.165, 1.54) is 13.2 Å². The number of halogens is 1. The molecule has 0 spiro atoms. The topological polar surface area (TPSA) is 32.7 Å². The van der Waals surface area contributed by atoms with Crippen molar-refractivity contribution < 1.29 is 14.2 Å². The zero-order valence-corrected chi connectivity index (χ0v) is 10.7. The van der Waals surface area contributed by atoms with E-state index in [1.807, 2.05) is 0 Å². The van der Waals surface area contributed by atoms with Gasteiger partial charge in [0.25, 0.3) is 0 Å². The summed E-state index contributed by atoms with van der Waals surface area (Å²) in [6, 6.07) is 5.11. The number of hydrogen-bond donors (Lipinski definition) is 1. The lowest BCUT2D eigenvalue weighted by Crippen LogP contribution is -2.41. The molecule has 3 nitrogen and oxygen atoms in total. The number of piperidine rings is 1. The molecule has 1 unspecified atom stereocenters. The van der Waals surface area contributed by atoms with Gasteiger partial charge in [-0.2, -0.15) is 0 Å². The van der Waals surface area contributed by atoms with Crippen molar-refractivity contribution in [3.63, 3.8) is 0 Å². The van der Waals surface area contributed by atoms with Crippen LogP contribution in [-0.4, -0.2) is 36.3 Å². The van der Waals surface area contributed by atoms with Crippen LogP contribution in [0.3, 0.4) is 0 Å². The molecule has 0 aromatic heterocycles. The fourth-order valence-corrected chi connectivity index (χ4v) is 2.48. The molecule has 0 amide bonds. The summed E-state index contributed by atoms with van der Waals surface area (Å²) in [6.07, 6.45) is 3.26. The predicted octanol–water partition coefficient (Wildman–Crippen LogP) is 2.18. The Labute approximate surface area is 107 Å². The van der Waals surface area contributed by atoms with Crippen LogP contribution in [0.4, 0.5) is 4.39 Å². The number of likely N-dealkylation sites (tertiary alicyclic amines) is 1. The summed E-state index contributed by atoms with van der Waals surface area (Å²) < 4.78 is 18.8. The van der Waals surface area contributed by atoms with Gasteiger partial charge in [-0.3, -0.25) is 4.90 Å². The second kappa shape index (κ2) is 6.16. The molecule has 1 atom stereocenters. The standard InChI is InChI=1S/C14H20FNO2/c1-18-13-6-5-11(14(15)8-13)9-16-7-3-2-4-12(16)10-17/h5-6,8,12,17H,2-4,7,9-10H2,1H3. The third-order valence-electron chi connectivity index (χ3n) is 3.59. The molecular formula is C14H20FNO2. The molecule has 0 aliphatic carbocycles. The van der Waals surface area contributed by atoms with E-state index in [0.717, 1.165) is 25.8 Å². The molecule has 100 valence electrons. The number of aliphatic hydroxyl groups is 1. The number of benzene rings is 1. The van der Waals surface area contributed by atoms with E-state index < -0.39 is 0 Å². The van der Waals surface area contributed by atoms with Gasteiger partial charge in [0.05, 0.1) is 13.7 Å². The Balaban J connectivity index is 2.07. The largest absolute Gasteiger partial charge is 0.497 e. The van der Waals surface area contributed by atoms with Crippen LogP contribution >= 0.6 is 0 Å². The molecule has 18 heavy (non-hydrogen) atoms. The first-order valence-corrected chi connectivity index (χ1v) is 6.42. The highest BCUT2D eigenvalue weighted by atomic mass is 19.1. The normalized spacial score (nSPS) is 20.9. The van der Waals surface area contributed by atoms with Crippen LogP contribution in [0.25, 0.3) is 0 Å². The number of hydrogen-bond acceptors (Lipinski definition) is 3. The lowest BCUT2D eigenvalue weighted by atomic mass is 10.0. The number of methoxy groups -OCH3 is 1. The van der Waals surface area contributed by atoms with Crippen molar-refractivity contribution in [1.29, 1.82) is 0 Å². The Bertz CT molecular complexity index is 397. The summed E-state index contributed by atoms with van der Waals surface area (Å²) in [5.41, 5.74) is 0.663. The van der Waals surface area contributed by atoms with Gasteiger partial charge >= 0.3 is 0 Å². The minimum atomic E-state index is -0.239. The molecule has 1 N–H and O–H groups in total. The summed E-state index contributed by atoms with van der Waals surface area (Å²) in [6.45, 7) is 1.63. The second-order valence-electron chi connectivity index (χ2n) is 4.76. The SMILES string of the molecule is COc1ccc(CN2CCCCC2CO)c(F)c1. The summed E-state index contributed by atoms with van der Waals surface area (Å²) in [7, 11) is 1.53. The first-order chi connectivity index (χ1) is 8.74. The van der Waals surface area contributed by atoms with E-state index in [4.69, 9.17) is 4.74 Å². The van der Waals surface area contributed by atoms with Crippen LogP contribution in [0.15, 0.2) is 18.2 Å². The van der Waals surface area contributed by atoms with Crippen LogP contribution in [0.1, 0.15) is 24.8 Å². The van der Waals surface area contributed by atoms with Crippen molar-refractivity contribution in [3.8, 4) is 5.75 Å². The van der Waals surface area contributed by atoms with Gasteiger partial charge in [-0.05, 0) is 25.5 Å². The third kappa shape index (κ3) is 3.00. The van der Waals surface area contributed by atoms with E-state index in [0.29, 0.717) is 17.9 Å². The van der Waals surface area contributed by atoms with Gasteiger partial charge in [0.15, 0.2) is 0 Å². The minimum absolute atomic E-state index is 0.151. The van der Waals surface area contributed by atoms with Crippen molar-refractivity contribution >= 4 is 0 Å². The lowest BCUT2D eigenvalue weighted by molar-refractivity contribution is 0.0831. The van der Waals surface area contributed by atoms with Gasteiger partial charge in [0.2, 0.25) is 0 Å². The Morgan fingerprint density at radius 3 is 2.94 bits per heavy atom. The molecule has 2 rings (SSSR count). The van der Waals surface area contributed by atoms with Crippen molar-refractivity contribution in [2.45, 2.75) is 31.8 Å². The Morgan fingerprint density at radius 1 is 1.44 bits per heavy atom. The maximum absolute atomic E-state index is 13.9. The Morgan fingerprint density at radius 2 is 2.28 bits per heavy atom. The van der Waals surface area contributed by atoms with Gasteiger partial charge in [-0.25, -0.2) is 4.39 Å². The molecule has 4 heteroatoms. The molecule has 0 radical (unpaired) electrons. The van der Waals surface area contributed by atoms with Gasteiger partial charge in [-0.15, -0.1) is 0 Å². The van der Waals surface area contributed by atoms with Crippen LogP contribution in [-0.2, 0) is 6.54 Å². The molecule has 1 aromatic rings. The quantitative estimate of drug-likeness (QED) is 0.892. The molecular weight excluding hydrogens is 233 g/mol. The molecule has 0 saturated carbocycles. The van der Waals surface area contributed by atoms with Gasteiger partial charge in [-0.1, -0.05) is 12.5 Å². The van der Waals surface area contributed by atoms with Gasteiger partial charge in [0, 0.05) is 24.2 Å². The highest BCUT2D eigenvalue weighted by molar-refractivity contribution is 5.28. The van der Waals surface area contributed by atoms with Gasteiger partial charge in [0.1, 0.15) is 11.6 Å². The van der Waals surface area contributed by atoms with Crippen molar-refractivity contribution in [3.05, 3.63) is 29.6 Å². The van der Waals surface area contributed by atoms with Crippen molar-refractivity contribution in [2.24, 2.45) is 0 Å². The average molecular weight is 253 g/mol. The van der Waals surface area contributed by atoms with E-state index >= 15 is 0 Å². The number of nitrogens with zero attached hydrogens (tertiary/aromatic N) is 1. The molecule has 1 aliphatic rings. The number of ether oxygens (including phenoxy) is 1. The first kappa shape index (κ1) is 13.3. The lowest BCUT2D eigenvalue weighted by Gasteiger charge is -2.34. The minimum Gasteiger partial charge on any atom is -0.497 e. The second-order valence-corrected chi connectivity index (χ2v) is 4.76. The number of rotatable bonds is 4. The van der Waals surface area contributed by atoms with Crippen LogP contribution < -0.4 is 4.74 Å². The zero-order chi connectivity index (χ0) is 13.0. The maximum atomic E-state index is 13.9. The summed E-state index contributed by atoms with van der Waals surface area (Å²) in [4.78, 5) is 2.16. The zero-order valence-electron chi connectivity index (χ0n) is 10.7. The van der Waals surface area contributed by atoms with E-state index in [-0.39, 0.29) is 18.5 Å². The van der Waals surface area contributed by atoms with E-state index in [2.05, 4.69) is 4.90 Å².